The SMILES string of the molecule is Cc1ncc([N+](=O)[O-])n1CCCN1CCCC1=O. The van der Waals surface area contributed by atoms with E-state index in [1.807, 2.05) is 4.90 Å². The number of nitro groups is 1. The highest BCUT2D eigenvalue weighted by atomic mass is 16.6. The fraction of sp³-hybridized carbons (Fsp3) is 0.636. The molecule has 0 radical (unpaired) electrons. The summed E-state index contributed by atoms with van der Waals surface area (Å²) in [6.45, 7) is 3.73. The standard InChI is InChI=1S/C11H16N4O3/c1-9-12-8-10(15(17)18)14(9)7-3-6-13-5-2-4-11(13)16/h8H,2-7H2,1H3. The van der Waals surface area contributed by atoms with Gasteiger partial charge >= 0.3 is 5.82 Å². The molecule has 1 saturated heterocycles. The van der Waals surface area contributed by atoms with Crippen LogP contribution >= 0.6 is 0 Å². The molecule has 0 aliphatic carbocycles. The van der Waals surface area contributed by atoms with E-state index in [1.165, 1.54) is 6.20 Å². The quantitative estimate of drug-likeness (QED) is 0.580. The van der Waals surface area contributed by atoms with Gasteiger partial charge in [0.1, 0.15) is 6.20 Å². The summed E-state index contributed by atoms with van der Waals surface area (Å²) in [7, 11) is 0. The van der Waals surface area contributed by atoms with Gasteiger partial charge in [0, 0.05) is 32.9 Å². The molecule has 1 aliphatic heterocycles. The number of hydrogen-bond donors (Lipinski definition) is 0. The monoisotopic (exact) mass is 252 g/mol. The van der Waals surface area contributed by atoms with Gasteiger partial charge in [-0.3, -0.25) is 4.79 Å². The van der Waals surface area contributed by atoms with Crippen LogP contribution < -0.4 is 0 Å². The zero-order valence-corrected chi connectivity index (χ0v) is 10.3. The van der Waals surface area contributed by atoms with Crippen LogP contribution in [0.4, 0.5) is 5.82 Å². The van der Waals surface area contributed by atoms with E-state index in [1.54, 1.807) is 11.5 Å². The number of nitrogens with zero attached hydrogens (tertiary/aromatic N) is 4. The van der Waals surface area contributed by atoms with Crippen LogP contribution in [-0.2, 0) is 11.3 Å². The van der Waals surface area contributed by atoms with E-state index in [4.69, 9.17) is 0 Å². The Morgan fingerprint density at radius 1 is 1.50 bits per heavy atom. The lowest BCUT2D eigenvalue weighted by molar-refractivity contribution is -0.392. The second-order valence-electron chi connectivity index (χ2n) is 4.41. The summed E-state index contributed by atoms with van der Waals surface area (Å²) >= 11 is 0. The van der Waals surface area contributed by atoms with Gasteiger partial charge in [-0.1, -0.05) is 0 Å². The normalized spacial score (nSPS) is 15.4. The maximum Gasteiger partial charge on any atom is 0.342 e. The first-order valence-corrected chi connectivity index (χ1v) is 6.04. The van der Waals surface area contributed by atoms with E-state index in [9.17, 15) is 14.9 Å². The predicted octanol–water partition coefficient (Wildman–Crippen LogP) is 1.11. The van der Waals surface area contributed by atoms with Crippen molar-refractivity contribution in [3.05, 3.63) is 22.1 Å². The second kappa shape index (κ2) is 5.16. The maximum absolute atomic E-state index is 11.4. The molecule has 0 N–H and O–H groups in total. The fourth-order valence-electron chi connectivity index (χ4n) is 2.24. The molecule has 18 heavy (non-hydrogen) atoms. The molecule has 0 atom stereocenters. The zero-order valence-electron chi connectivity index (χ0n) is 10.3. The minimum Gasteiger partial charge on any atom is -0.358 e. The topological polar surface area (TPSA) is 81.3 Å². The third kappa shape index (κ3) is 2.49. The van der Waals surface area contributed by atoms with E-state index in [0.717, 1.165) is 13.0 Å². The predicted molar refractivity (Wildman–Crippen MR) is 64.0 cm³/mol. The number of carbonyl (C=O) groups excluding carboxylic acids is 1. The van der Waals surface area contributed by atoms with Crippen LogP contribution in [-0.4, -0.2) is 38.4 Å². The molecular formula is C11H16N4O3. The molecule has 0 spiro atoms. The number of rotatable bonds is 5. The lowest BCUT2D eigenvalue weighted by Gasteiger charge is -2.14. The summed E-state index contributed by atoms with van der Waals surface area (Å²) in [5.74, 6) is 0.835. The van der Waals surface area contributed by atoms with E-state index in [0.29, 0.717) is 31.8 Å². The molecule has 0 bridgehead atoms. The highest BCUT2D eigenvalue weighted by Crippen LogP contribution is 2.15. The number of carbonyl (C=O) groups is 1. The Morgan fingerprint density at radius 3 is 2.89 bits per heavy atom. The molecule has 98 valence electrons. The third-order valence-corrected chi connectivity index (χ3v) is 3.20. The van der Waals surface area contributed by atoms with Crippen molar-refractivity contribution < 1.29 is 9.72 Å². The Balaban J connectivity index is 1.92. The number of hydrogen-bond acceptors (Lipinski definition) is 4. The van der Waals surface area contributed by atoms with E-state index in [2.05, 4.69) is 4.98 Å². The molecule has 1 aromatic heterocycles. The Bertz CT molecular complexity index is 469. The summed E-state index contributed by atoms with van der Waals surface area (Å²) in [4.78, 5) is 27.5. The van der Waals surface area contributed by atoms with Crippen LogP contribution in [0, 0.1) is 17.0 Å². The highest BCUT2D eigenvalue weighted by Gasteiger charge is 2.21. The molecule has 7 heteroatoms. The first-order valence-electron chi connectivity index (χ1n) is 6.04. The van der Waals surface area contributed by atoms with Crippen molar-refractivity contribution in [1.29, 1.82) is 0 Å². The maximum atomic E-state index is 11.4. The Hall–Kier alpha value is -1.92. The van der Waals surface area contributed by atoms with Crippen molar-refractivity contribution in [2.45, 2.75) is 32.7 Å². The van der Waals surface area contributed by atoms with Crippen LogP contribution in [0.3, 0.4) is 0 Å². The molecule has 1 aliphatic rings. The molecule has 0 saturated carbocycles. The second-order valence-corrected chi connectivity index (χ2v) is 4.41. The van der Waals surface area contributed by atoms with Gasteiger partial charge in [-0.25, -0.2) is 9.55 Å². The number of aryl methyl sites for hydroxylation is 1. The van der Waals surface area contributed by atoms with Gasteiger partial charge in [0.25, 0.3) is 0 Å². The first-order chi connectivity index (χ1) is 8.59. The van der Waals surface area contributed by atoms with Gasteiger partial charge in [0.15, 0.2) is 5.82 Å². The van der Waals surface area contributed by atoms with Crippen molar-refractivity contribution in [1.82, 2.24) is 14.5 Å². The smallest absolute Gasteiger partial charge is 0.342 e. The van der Waals surface area contributed by atoms with Crippen molar-refractivity contribution in [3.63, 3.8) is 0 Å². The van der Waals surface area contributed by atoms with Crippen molar-refractivity contribution in [2.24, 2.45) is 0 Å². The van der Waals surface area contributed by atoms with Crippen molar-refractivity contribution in [2.75, 3.05) is 13.1 Å². The summed E-state index contributed by atoms with van der Waals surface area (Å²) in [5.41, 5.74) is 0. The van der Waals surface area contributed by atoms with Crippen LogP contribution in [0.15, 0.2) is 6.20 Å². The number of amides is 1. The lowest BCUT2D eigenvalue weighted by Crippen LogP contribution is -2.26. The Labute approximate surface area is 105 Å². The summed E-state index contributed by atoms with van der Waals surface area (Å²) in [5, 5.41) is 10.8. The van der Waals surface area contributed by atoms with Gasteiger partial charge in [-0.15, -0.1) is 0 Å². The number of likely N-dealkylation sites (tertiary alicyclic amines) is 1. The van der Waals surface area contributed by atoms with Crippen molar-refractivity contribution in [3.8, 4) is 0 Å². The molecule has 1 fully saturated rings. The summed E-state index contributed by atoms with van der Waals surface area (Å²) in [6.07, 6.45) is 3.54. The first kappa shape index (κ1) is 12.5. The molecule has 0 unspecified atom stereocenters. The summed E-state index contributed by atoms with van der Waals surface area (Å²) < 4.78 is 1.58. The number of aromatic nitrogens is 2. The Morgan fingerprint density at radius 2 is 2.28 bits per heavy atom. The van der Waals surface area contributed by atoms with Crippen LogP contribution in [0.25, 0.3) is 0 Å². The van der Waals surface area contributed by atoms with Crippen LogP contribution in [0.5, 0.6) is 0 Å². The molecule has 2 heterocycles. The molecule has 1 amide bonds. The van der Waals surface area contributed by atoms with Crippen molar-refractivity contribution >= 4 is 11.7 Å². The zero-order chi connectivity index (χ0) is 13.1. The van der Waals surface area contributed by atoms with E-state index < -0.39 is 4.92 Å². The van der Waals surface area contributed by atoms with Crippen LogP contribution in [0.2, 0.25) is 0 Å². The lowest BCUT2D eigenvalue weighted by atomic mass is 10.3. The van der Waals surface area contributed by atoms with Gasteiger partial charge in [-0.05, 0) is 11.3 Å². The molecule has 0 aromatic carbocycles. The molecule has 7 nitrogen and oxygen atoms in total. The van der Waals surface area contributed by atoms with Gasteiger partial charge < -0.3 is 15.0 Å². The number of imidazole rings is 1. The van der Waals surface area contributed by atoms with Gasteiger partial charge in [-0.2, -0.15) is 0 Å². The molecule has 2 rings (SSSR count). The minimum absolute atomic E-state index is 0.0141. The molecule has 1 aromatic rings. The fourth-order valence-corrected chi connectivity index (χ4v) is 2.24. The van der Waals surface area contributed by atoms with Crippen LogP contribution in [0.1, 0.15) is 25.1 Å². The summed E-state index contributed by atoms with van der Waals surface area (Å²) in [6, 6.07) is 0. The largest absolute Gasteiger partial charge is 0.358 e. The minimum atomic E-state index is -0.430. The van der Waals surface area contributed by atoms with Gasteiger partial charge in [0.05, 0.1) is 6.54 Å². The highest BCUT2D eigenvalue weighted by molar-refractivity contribution is 5.77. The molecular weight excluding hydrogens is 236 g/mol. The third-order valence-electron chi connectivity index (χ3n) is 3.20. The Kier molecular flexibility index (Phi) is 3.59. The van der Waals surface area contributed by atoms with E-state index >= 15 is 0 Å². The van der Waals surface area contributed by atoms with Gasteiger partial charge in [0.2, 0.25) is 5.91 Å². The average Bonchev–Trinajstić information content (AvgIpc) is 2.87. The van der Waals surface area contributed by atoms with E-state index in [-0.39, 0.29) is 11.7 Å². The average molecular weight is 252 g/mol.